The molecule has 0 spiro atoms. The Morgan fingerprint density at radius 3 is 2.57 bits per heavy atom. The maximum atomic E-state index is 11.9. The molecule has 0 radical (unpaired) electrons. The van der Waals surface area contributed by atoms with Gasteiger partial charge in [-0.1, -0.05) is 0 Å². The standard InChI is InChI=1S/C15H18N2O4/c1-15(10-18,12-5-6-12)16-14(19)9-4-11-2-7-13(8-3-11)17(20)21/h2-4,7-9,12,18H,5-6,10H2,1H3,(H,16,19)/b9-4+. The number of non-ortho nitro benzene ring substituents is 1. The van der Waals surface area contributed by atoms with Crippen LogP contribution in [-0.4, -0.2) is 28.1 Å². The third-order valence-corrected chi connectivity index (χ3v) is 3.75. The molecule has 1 aliphatic rings. The number of benzene rings is 1. The molecular weight excluding hydrogens is 272 g/mol. The lowest BCUT2D eigenvalue weighted by Gasteiger charge is -2.28. The van der Waals surface area contributed by atoms with E-state index in [1.807, 2.05) is 6.92 Å². The molecule has 1 atom stereocenters. The Labute approximate surface area is 122 Å². The number of nitrogens with zero attached hydrogens (tertiary/aromatic N) is 1. The smallest absolute Gasteiger partial charge is 0.269 e. The van der Waals surface area contributed by atoms with E-state index in [-0.39, 0.29) is 18.2 Å². The van der Waals surface area contributed by atoms with Crippen LogP contribution in [0.4, 0.5) is 5.69 Å². The topological polar surface area (TPSA) is 92.5 Å². The fraction of sp³-hybridized carbons (Fsp3) is 0.400. The van der Waals surface area contributed by atoms with Gasteiger partial charge in [-0.2, -0.15) is 0 Å². The van der Waals surface area contributed by atoms with E-state index in [4.69, 9.17) is 0 Å². The lowest BCUT2D eigenvalue weighted by molar-refractivity contribution is -0.384. The lowest BCUT2D eigenvalue weighted by atomic mass is 9.97. The molecule has 6 heteroatoms. The van der Waals surface area contributed by atoms with E-state index in [0.717, 1.165) is 12.8 Å². The van der Waals surface area contributed by atoms with E-state index in [9.17, 15) is 20.0 Å². The molecule has 6 nitrogen and oxygen atoms in total. The Morgan fingerprint density at radius 1 is 1.48 bits per heavy atom. The molecule has 1 unspecified atom stereocenters. The van der Waals surface area contributed by atoms with Gasteiger partial charge in [0.1, 0.15) is 0 Å². The first kappa shape index (κ1) is 15.2. The number of carbonyl (C=O) groups is 1. The predicted molar refractivity (Wildman–Crippen MR) is 78.5 cm³/mol. The fourth-order valence-electron chi connectivity index (χ4n) is 2.19. The van der Waals surface area contributed by atoms with Gasteiger partial charge in [-0.3, -0.25) is 14.9 Å². The summed E-state index contributed by atoms with van der Waals surface area (Å²) < 4.78 is 0. The number of nitrogens with one attached hydrogen (secondary N) is 1. The summed E-state index contributed by atoms with van der Waals surface area (Å²) in [6.45, 7) is 1.75. The summed E-state index contributed by atoms with van der Waals surface area (Å²) in [5, 5.41) is 22.8. The second kappa shape index (κ2) is 6.05. The minimum Gasteiger partial charge on any atom is -0.394 e. The van der Waals surface area contributed by atoms with E-state index < -0.39 is 10.5 Å². The van der Waals surface area contributed by atoms with E-state index in [1.165, 1.54) is 18.2 Å². The van der Waals surface area contributed by atoms with E-state index in [1.54, 1.807) is 18.2 Å². The van der Waals surface area contributed by atoms with Gasteiger partial charge in [-0.15, -0.1) is 0 Å². The molecule has 1 saturated carbocycles. The zero-order valence-electron chi connectivity index (χ0n) is 11.8. The third kappa shape index (κ3) is 3.88. The normalized spacial score (nSPS) is 17.4. The zero-order chi connectivity index (χ0) is 15.5. The molecule has 1 aromatic carbocycles. The van der Waals surface area contributed by atoms with Crippen molar-refractivity contribution in [1.82, 2.24) is 5.32 Å². The zero-order valence-corrected chi connectivity index (χ0v) is 11.8. The second-order valence-electron chi connectivity index (χ2n) is 5.52. The molecule has 21 heavy (non-hydrogen) atoms. The van der Waals surface area contributed by atoms with Crippen LogP contribution in [0.3, 0.4) is 0 Å². The Hall–Kier alpha value is -2.21. The first-order valence-electron chi connectivity index (χ1n) is 6.80. The molecule has 0 aliphatic heterocycles. The summed E-state index contributed by atoms with van der Waals surface area (Å²) in [5.41, 5.74) is 0.141. The van der Waals surface area contributed by atoms with Gasteiger partial charge in [-0.05, 0) is 49.5 Å². The van der Waals surface area contributed by atoms with Crippen molar-refractivity contribution in [3.8, 4) is 0 Å². The minimum atomic E-state index is -0.573. The first-order chi connectivity index (χ1) is 9.94. The number of aliphatic hydroxyl groups excluding tert-OH is 1. The number of amides is 1. The number of rotatable bonds is 6. The molecule has 1 aliphatic carbocycles. The quantitative estimate of drug-likeness (QED) is 0.475. The molecule has 2 rings (SSSR count). The van der Waals surface area contributed by atoms with Crippen molar-refractivity contribution in [2.45, 2.75) is 25.3 Å². The molecule has 0 saturated heterocycles. The van der Waals surface area contributed by atoms with Crippen molar-refractivity contribution in [3.63, 3.8) is 0 Å². The van der Waals surface area contributed by atoms with Gasteiger partial charge in [0, 0.05) is 18.2 Å². The number of carbonyl (C=O) groups excluding carboxylic acids is 1. The third-order valence-electron chi connectivity index (χ3n) is 3.75. The molecule has 0 aromatic heterocycles. The molecule has 1 fully saturated rings. The van der Waals surface area contributed by atoms with Crippen LogP contribution in [0.15, 0.2) is 30.3 Å². The summed E-state index contributed by atoms with van der Waals surface area (Å²) >= 11 is 0. The average Bonchev–Trinajstić information content (AvgIpc) is 3.30. The summed E-state index contributed by atoms with van der Waals surface area (Å²) in [5.74, 6) is 0.0519. The summed E-state index contributed by atoms with van der Waals surface area (Å²) in [6.07, 6.45) is 4.99. The number of aliphatic hydroxyl groups is 1. The number of nitro benzene ring substituents is 1. The van der Waals surface area contributed by atoms with Gasteiger partial charge in [0.2, 0.25) is 5.91 Å². The Bertz CT molecular complexity index is 564. The van der Waals surface area contributed by atoms with Gasteiger partial charge >= 0.3 is 0 Å². The minimum absolute atomic E-state index is 0.0122. The van der Waals surface area contributed by atoms with Crippen LogP contribution in [0.2, 0.25) is 0 Å². The van der Waals surface area contributed by atoms with Crippen molar-refractivity contribution in [2.75, 3.05) is 6.61 Å². The van der Waals surface area contributed by atoms with Crippen LogP contribution < -0.4 is 5.32 Å². The van der Waals surface area contributed by atoms with Gasteiger partial charge in [0.05, 0.1) is 17.1 Å². The monoisotopic (exact) mass is 290 g/mol. The van der Waals surface area contributed by atoms with Crippen LogP contribution in [0.25, 0.3) is 6.08 Å². The predicted octanol–water partition coefficient (Wildman–Crippen LogP) is 1.89. The van der Waals surface area contributed by atoms with Crippen molar-refractivity contribution >= 4 is 17.7 Å². The molecule has 1 amide bonds. The molecule has 0 bridgehead atoms. The average molecular weight is 290 g/mol. The van der Waals surface area contributed by atoms with Gasteiger partial charge in [0.25, 0.3) is 5.69 Å². The Morgan fingerprint density at radius 2 is 2.10 bits per heavy atom. The van der Waals surface area contributed by atoms with Crippen LogP contribution >= 0.6 is 0 Å². The van der Waals surface area contributed by atoms with Crippen molar-refractivity contribution in [2.24, 2.45) is 5.92 Å². The summed E-state index contributed by atoms with van der Waals surface area (Å²) in [7, 11) is 0. The number of nitro groups is 1. The maximum Gasteiger partial charge on any atom is 0.269 e. The summed E-state index contributed by atoms with van der Waals surface area (Å²) in [6, 6.07) is 5.93. The fourth-order valence-corrected chi connectivity index (χ4v) is 2.19. The van der Waals surface area contributed by atoms with Crippen LogP contribution in [0.1, 0.15) is 25.3 Å². The highest BCUT2D eigenvalue weighted by molar-refractivity contribution is 5.92. The number of hydrogen-bond donors (Lipinski definition) is 2. The molecule has 112 valence electrons. The summed E-state index contributed by atoms with van der Waals surface area (Å²) in [4.78, 5) is 21.9. The van der Waals surface area contributed by atoms with Crippen LogP contribution in [0.5, 0.6) is 0 Å². The van der Waals surface area contributed by atoms with E-state index in [2.05, 4.69) is 5.32 Å². The maximum absolute atomic E-state index is 11.9. The molecule has 2 N–H and O–H groups in total. The second-order valence-corrected chi connectivity index (χ2v) is 5.52. The Kier molecular flexibility index (Phi) is 4.37. The van der Waals surface area contributed by atoms with Crippen LogP contribution in [0, 0.1) is 16.0 Å². The van der Waals surface area contributed by atoms with Crippen molar-refractivity contribution in [1.29, 1.82) is 0 Å². The van der Waals surface area contributed by atoms with Gasteiger partial charge in [-0.25, -0.2) is 0 Å². The Balaban J connectivity index is 1.96. The van der Waals surface area contributed by atoms with Crippen molar-refractivity contribution in [3.05, 3.63) is 46.0 Å². The highest BCUT2D eigenvalue weighted by atomic mass is 16.6. The number of hydrogen-bond acceptors (Lipinski definition) is 4. The van der Waals surface area contributed by atoms with Gasteiger partial charge in [0.15, 0.2) is 0 Å². The molecule has 0 heterocycles. The first-order valence-corrected chi connectivity index (χ1v) is 6.80. The largest absolute Gasteiger partial charge is 0.394 e. The highest BCUT2D eigenvalue weighted by Crippen LogP contribution is 2.39. The molecular formula is C15H18N2O4. The SMILES string of the molecule is CC(CO)(NC(=O)/C=C/c1ccc([N+](=O)[O-])cc1)C1CC1. The molecule has 1 aromatic rings. The van der Waals surface area contributed by atoms with E-state index in [0.29, 0.717) is 11.5 Å². The van der Waals surface area contributed by atoms with Crippen LogP contribution in [-0.2, 0) is 4.79 Å². The lowest BCUT2D eigenvalue weighted by Crippen LogP contribution is -2.50. The highest BCUT2D eigenvalue weighted by Gasteiger charge is 2.41. The van der Waals surface area contributed by atoms with Gasteiger partial charge < -0.3 is 10.4 Å². The van der Waals surface area contributed by atoms with E-state index >= 15 is 0 Å². The van der Waals surface area contributed by atoms with Crippen molar-refractivity contribution < 1.29 is 14.8 Å².